The van der Waals surface area contributed by atoms with Gasteiger partial charge in [0.25, 0.3) is 5.91 Å². The maximum atomic E-state index is 14.0. The van der Waals surface area contributed by atoms with Crippen LogP contribution in [0.5, 0.6) is 11.5 Å². The van der Waals surface area contributed by atoms with Crippen LogP contribution in [-0.4, -0.2) is 98.3 Å². The number of carboxylic acids is 1. The Labute approximate surface area is 281 Å². The summed E-state index contributed by atoms with van der Waals surface area (Å²) in [6.45, 7) is 2.11. The van der Waals surface area contributed by atoms with Crippen molar-refractivity contribution in [2.75, 3.05) is 19.1 Å². The average Bonchev–Trinajstić information content (AvgIpc) is 3.05. The molecule has 0 aliphatic heterocycles. The number of carbonyl (C=O) groups excluding carboxylic acids is 3. The number of amides is 3. The van der Waals surface area contributed by atoms with E-state index in [9.17, 15) is 39.6 Å². The number of carbonyl (C=O) groups is 4. The van der Waals surface area contributed by atoms with Crippen LogP contribution in [0.2, 0.25) is 0 Å². The minimum atomic E-state index is -1.56. The number of aliphatic carboxylic acids is 1. The molecule has 0 aliphatic carbocycles. The van der Waals surface area contributed by atoms with Gasteiger partial charge in [0.05, 0.1) is 0 Å². The monoisotopic (exact) mass is 674 g/mol. The molecule has 0 bridgehead atoms. The summed E-state index contributed by atoms with van der Waals surface area (Å²) in [4.78, 5) is 54.0. The Morgan fingerprint density at radius 1 is 0.809 bits per heavy atom. The van der Waals surface area contributed by atoms with Crippen molar-refractivity contribution in [1.29, 1.82) is 0 Å². The molecule has 2 rings (SSSR count). The third kappa shape index (κ3) is 13.4. The normalized spacial score (nSPS) is 14.3. The molecule has 0 fully saturated rings. The quantitative estimate of drug-likeness (QED) is 0.0965. The molecule has 12 nitrogen and oxygen atoms in total. The highest BCUT2D eigenvalue weighted by molar-refractivity contribution is 7.98. The van der Waals surface area contributed by atoms with Gasteiger partial charge in [-0.1, -0.05) is 63.3 Å². The van der Waals surface area contributed by atoms with Gasteiger partial charge < -0.3 is 41.7 Å². The fourth-order valence-electron chi connectivity index (χ4n) is 5.13. The number of aromatic hydroxyl groups is 2. The summed E-state index contributed by atoms with van der Waals surface area (Å²) in [5.41, 5.74) is 7.33. The summed E-state index contributed by atoms with van der Waals surface area (Å²) in [7, 11) is 1.41. The topological polar surface area (TPSA) is 203 Å². The SMILES string of the molecule is CCCCCCC[C@@H](N)[C@@H](O)C(=O)N[C@H](Cc1ccc(O)cc1)C(=O)N(C)[C@H](CCSC)C(=O)N[C@H](Cc1ccc(O)cc1)C(=O)O. The van der Waals surface area contributed by atoms with Crippen LogP contribution in [0.4, 0.5) is 0 Å². The second kappa shape index (κ2) is 20.4. The molecule has 2 aromatic rings. The van der Waals surface area contributed by atoms with Gasteiger partial charge in [-0.2, -0.15) is 11.8 Å². The molecule has 0 unspecified atom stereocenters. The summed E-state index contributed by atoms with van der Waals surface area (Å²) >= 11 is 1.45. The van der Waals surface area contributed by atoms with E-state index in [-0.39, 0.29) is 30.8 Å². The Balaban J connectivity index is 2.26. The molecule has 0 heterocycles. The summed E-state index contributed by atoms with van der Waals surface area (Å²) in [6.07, 6.45) is 5.75. The average molecular weight is 675 g/mol. The number of carboxylic acid groups (broad SMARTS) is 1. The zero-order valence-corrected chi connectivity index (χ0v) is 28.2. The van der Waals surface area contributed by atoms with Gasteiger partial charge in [0, 0.05) is 25.9 Å². The Kier molecular flexibility index (Phi) is 17.1. The largest absolute Gasteiger partial charge is 0.508 e. The molecule has 0 aliphatic rings. The Morgan fingerprint density at radius 3 is 1.83 bits per heavy atom. The first-order chi connectivity index (χ1) is 22.4. The lowest BCUT2D eigenvalue weighted by atomic mass is 10.00. The van der Waals surface area contributed by atoms with Crippen LogP contribution in [0.25, 0.3) is 0 Å². The highest BCUT2D eigenvalue weighted by Crippen LogP contribution is 2.17. The number of rotatable bonds is 21. The maximum absolute atomic E-state index is 14.0. The van der Waals surface area contributed by atoms with Gasteiger partial charge in [0.15, 0.2) is 0 Å². The van der Waals surface area contributed by atoms with Gasteiger partial charge in [-0.3, -0.25) is 14.4 Å². The molecule has 0 aromatic heterocycles. The predicted octanol–water partition coefficient (Wildman–Crippen LogP) is 2.57. The Morgan fingerprint density at radius 2 is 1.32 bits per heavy atom. The number of benzene rings is 2. The van der Waals surface area contributed by atoms with Crippen molar-refractivity contribution >= 4 is 35.5 Å². The number of unbranched alkanes of at least 4 members (excludes halogenated alkanes) is 4. The van der Waals surface area contributed by atoms with E-state index in [4.69, 9.17) is 5.73 Å². The number of aliphatic hydroxyl groups excluding tert-OH is 1. The van der Waals surface area contributed by atoms with Gasteiger partial charge in [0.1, 0.15) is 35.7 Å². The Bertz CT molecular complexity index is 1280. The van der Waals surface area contributed by atoms with Crippen molar-refractivity contribution in [1.82, 2.24) is 15.5 Å². The van der Waals surface area contributed by atoms with E-state index >= 15 is 0 Å². The number of thioether (sulfide) groups is 1. The summed E-state index contributed by atoms with van der Waals surface area (Å²) in [5.74, 6) is -2.87. The van der Waals surface area contributed by atoms with E-state index in [2.05, 4.69) is 17.6 Å². The Hall–Kier alpha value is -3.81. The molecule has 0 radical (unpaired) electrons. The second-order valence-corrected chi connectivity index (χ2v) is 12.7. The van der Waals surface area contributed by atoms with Crippen LogP contribution in [0.15, 0.2) is 48.5 Å². The van der Waals surface area contributed by atoms with Gasteiger partial charge in [0.2, 0.25) is 11.8 Å². The minimum absolute atomic E-state index is 0.0103. The number of phenols is 2. The van der Waals surface area contributed by atoms with Gasteiger partial charge in [-0.15, -0.1) is 0 Å². The lowest BCUT2D eigenvalue weighted by Gasteiger charge is -2.32. The number of phenolic OH excluding ortho intramolecular Hbond substituents is 2. The third-order valence-corrected chi connectivity index (χ3v) is 8.65. The van der Waals surface area contributed by atoms with Crippen LogP contribution in [0.3, 0.4) is 0 Å². The zero-order chi connectivity index (χ0) is 34.9. The van der Waals surface area contributed by atoms with Gasteiger partial charge >= 0.3 is 5.97 Å². The first kappa shape index (κ1) is 39.4. The minimum Gasteiger partial charge on any atom is -0.508 e. The fourth-order valence-corrected chi connectivity index (χ4v) is 5.59. The molecule has 13 heteroatoms. The van der Waals surface area contributed by atoms with Crippen LogP contribution >= 0.6 is 11.8 Å². The number of nitrogens with two attached hydrogens (primary N) is 1. The molecule has 0 saturated heterocycles. The van der Waals surface area contributed by atoms with Crippen molar-refractivity contribution in [3.8, 4) is 11.5 Å². The van der Waals surface area contributed by atoms with Crippen LogP contribution in [-0.2, 0) is 32.0 Å². The summed E-state index contributed by atoms with van der Waals surface area (Å²) < 4.78 is 0. The molecule has 2 aromatic carbocycles. The van der Waals surface area contributed by atoms with E-state index in [1.54, 1.807) is 24.3 Å². The lowest BCUT2D eigenvalue weighted by molar-refractivity contribution is -0.145. The number of hydrogen-bond acceptors (Lipinski definition) is 9. The molecule has 260 valence electrons. The van der Waals surface area contributed by atoms with Crippen molar-refractivity contribution < 1.29 is 39.6 Å². The van der Waals surface area contributed by atoms with Crippen LogP contribution in [0.1, 0.15) is 63.0 Å². The molecule has 0 saturated carbocycles. The molecule has 0 spiro atoms. The van der Waals surface area contributed by atoms with E-state index in [0.29, 0.717) is 23.3 Å². The predicted molar refractivity (Wildman–Crippen MR) is 182 cm³/mol. The molecule has 47 heavy (non-hydrogen) atoms. The highest BCUT2D eigenvalue weighted by atomic mass is 32.2. The van der Waals surface area contributed by atoms with Gasteiger partial charge in [-0.05, 0) is 60.2 Å². The summed E-state index contributed by atoms with van der Waals surface area (Å²) in [6, 6.07) is 7.61. The van der Waals surface area contributed by atoms with Crippen molar-refractivity contribution in [3.05, 3.63) is 59.7 Å². The van der Waals surface area contributed by atoms with E-state index in [1.165, 1.54) is 48.0 Å². The molecule has 5 atom stereocenters. The number of likely N-dealkylation sites (N-methyl/N-ethyl adjacent to an activating group) is 1. The summed E-state index contributed by atoms with van der Waals surface area (Å²) in [5, 5.41) is 45.0. The van der Waals surface area contributed by atoms with Crippen LogP contribution < -0.4 is 16.4 Å². The zero-order valence-electron chi connectivity index (χ0n) is 27.4. The standard InChI is InChI=1S/C34H50N4O8S/c1-4-5-6-7-8-9-26(35)30(41)32(43)36-27(20-22-10-14-24(39)15-11-22)33(44)38(2)29(18-19-47-3)31(42)37-28(34(45)46)21-23-12-16-25(40)17-13-23/h10-17,26-30,39-41H,4-9,18-21,35H2,1-3H3,(H,36,43)(H,37,42)(H,45,46)/t26-,27-,28-,29-,30-/m1/s1. The first-order valence-corrected chi connectivity index (χ1v) is 17.4. The third-order valence-electron chi connectivity index (χ3n) is 8.01. The van der Waals surface area contributed by atoms with Crippen molar-refractivity contribution in [2.24, 2.45) is 5.73 Å². The molecular weight excluding hydrogens is 624 g/mol. The first-order valence-electron chi connectivity index (χ1n) is 16.0. The maximum Gasteiger partial charge on any atom is 0.326 e. The molecule has 8 N–H and O–H groups in total. The highest BCUT2D eigenvalue weighted by Gasteiger charge is 2.35. The lowest BCUT2D eigenvalue weighted by Crippen LogP contribution is -2.58. The van der Waals surface area contributed by atoms with E-state index in [1.807, 2.05) is 6.26 Å². The second-order valence-electron chi connectivity index (χ2n) is 11.8. The number of nitrogens with zero attached hydrogens (tertiary/aromatic N) is 1. The number of nitrogens with one attached hydrogen (secondary N) is 2. The number of aliphatic hydroxyl groups is 1. The van der Waals surface area contributed by atoms with E-state index < -0.39 is 54.0 Å². The fraction of sp³-hybridized carbons (Fsp3) is 0.529. The van der Waals surface area contributed by atoms with Crippen LogP contribution in [0, 0.1) is 0 Å². The molecular formula is C34H50N4O8S. The van der Waals surface area contributed by atoms with Crippen molar-refractivity contribution in [3.63, 3.8) is 0 Å². The molecule has 3 amide bonds. The van der Waals surface area contributed by atoms with Crippen molar-refractivity contribution in [2.45, 2.75) is 95.0 Å². The number of hydrogen-bond donors (Lipinski definition) is 7. The smallest absolute Gasteiger partial charge is 0.326 e. The van der Waals surface area contributed by atoms with Gasteiger partial charge in [-0.25, -0.2) is 4.79 Å². The van der Waals surface area contributed by atoms with E-state index in [0.717, 1.165) is 32.1 Å².